The number of carbonyl (C=O) groups is 3. The molecule has 0 fully saturated rings. The molecule has 0 saturated carbocycles. The standard InChI is InChI=1S/C12H25.3C4H8O2S.Sn/c1-3-5-7-9-11-12-10-8-6-4-2;3*1-3(2-7)4(5)6;/h1,3-12H2,2H3;3*3,7H,2H2,1H3,(H,5,6);/q;;;;+3/p-3. The number of thiol groups is 3. The molecule has 0 aliphatic heterocycles. The molecule has 0 bridgehead atoms. The molecule has 200 valence electrons. The van der Waals surface area contributed by atoms with E-state index in [4.69, 9.17) is 9.22 Å². The Bertz CT molecular complexity index is 533. The zero-order chi connectivity index (χ0) is 26.0. The van der Waals surface area contributed by atoms with E-state index in [1.165, 1.54) is 38.5 Å². The molecule has 3 unspecified atom stereocenters. The van der Waals surface area contributed by atoms with Gasteiger partial charge in [0.25, 0.3) is 0 Å². The first-order valence-electron chi connectivity index (χ1n) is 12.7. The van der Waals surface area contributed by atoms with Crippen LogP contribution in [0.4, 0.5) is 0 Å². The Kier molecular flexibility index (Phi) is 20.5. The van der Waals surface area contributed by atoms with E-state index in [2.05, 4.69) is 44.8 Å². The van der Waals surface area contributed by atoms with Crippen molar-refractivity contribution in [3.8, 4) is 0 Å². The molecule has 34 heavy (non-hydrogen) atoms. The molecule has 0 aromatic rings. The van der Waals surface area contributed by atoms with E-state index >= 15 is 0 Å². The molecule has 0 rings (SSSR count). The molecular formula is C24H46O6S3Sn. The van der Waals surface area contributed by atoms with Gasteiger partial charge in [-0.15, -0.1) is 0 Å². The quantitative estimate of drug-likeness (QED) is 0.0835. The number of carbonyl (C=O) groups excluding carboxylic acids is 3. The van der Waals surface area contributed by atoms with Gasteiger partial charge in [0.05, 0.1) is 0 Å². The summed E-state index contributed by atoms with van der Waals surface area (Å²) < 4.78 is 17.7. The first-order valence-corrected chi connectivity index (χ1v) is 20.1. The minimum absolute atomic E-state index is 0.279. The minimum atomic E-state index is -4.92. The molecule has 0 N–H and O–H groups in total. The molecule has 0 aromatic heterocycles. The zero-order valence-electron chi connectivity index (χ0n) is 21.4. The van der Waals surface area contributed by atoms with Crippen molar-refractivity contribution in [2.45, 2.75) is 96.3 Å². The fourth-order valence-electron chi connectivity index (χ4n) is 3.03. The van der Waals surface area contributed by atoms with Crippen molar-refractivity contribution in [3.05, 3.63) is 0 Å². The SMILES string of the molecule is CCCCCCCCCCC[CH2][Sn]([O]C(=O)C(C)CS)([O]C(=O)C(C)CS)[O]C(=O)C(C)CS. The summed E-state index contributed by atoms with van der Waals surface area (Å²) in [5, 5.41) is 0. The van der Waals surface area contributed by atoms with Crippen molar-refractivity contribution in [2.75, 3.05) is 17.3 Å². The topological polar surface area (TPSA) is 78.9 Å². The second-order valence-electron chi connectivity index (χ2n) is 9.13. The van der Waals surface area contributed by atoms with Gasteiger partial charge in [0.1, 0.15) is 0 Å². The predicted octanol–water partition coefficient (Wildman–Crippen LogP) is 6.17. The second kappa shape index (κ2) is 20.3. The number of unbranched alkanes of at least 4 members (excludes halogenated alkanes) is 9. The molecule has 0 aromatic carbocycles. The Balaban J connectivity index is 5.28. The van der Waals surface area contributed by atoms with Gasteiger partial charge in [0.15, 0.2) is 0 Å². The summed E-state index contributed by atoms with van der Waals surface area (Å²) in [6.07, 6.45) is 11.3. The van der Waals surface area contributed by atoms with Gasteiger partial charge in [-0.25, -0.2) is 0 Å². The van der Waals surface area contributed by atoms with Gasteiger partial charge in [-0.1, -0.05) is 0 Å². The van der Waals surface area contributed by atoms with Crippen LogP contribution < -0.4 is 0 Å². The normalized spacial score (nSPS) is 15.6. The predicted molar refractivity (Wildman–Crippen MR) is 150 cm³/mol. The Morgan fingerprint density at radius 1 is 0.588 bits per heavy atom. The van der Waals surface area contributed by atoms with Crippen LogP contribution in [0.25, 0.3) is 0 Å². The summed E-state index contributed by atoms with van der Waals surface area (Å²) in [6, 6.07) is 0. The fourth-order valence-corrected chi connectivity index (χ4v) is 11.0. The molecule has 10 heteroatoms. The van der Waals surface area contributed by atoms with E-state index in [0.717, 1.165) is 19.3 Å². The van der Waals surface area contributed by atoms with Gasteiger partial charge in [-0.2, -0.15) is 0 Å². The Hall–Kier alpha value is 0.259. The van der Waals surface area contributed by atoms with E-state index in [0.29, 0.717) is 6.42 Å². The molecule has 0 heterocycles. The average Bonchev–Trinajstić information content (AvgIpc) is 2.83. The third-order valence-electron chi connectivity index (χ3n) is 5.63. The van der Waals surface area contributed by atoms with E-state index < -0.39 is 55.3 Å². The van der Waals surface area contributed by atoms with E-state index in [1.807, 2.05) is 0 Å². The first-order chi connectivity index (χ1) is 16.2. The summed E-state index contributed by atoms with van der Waals surface area (Å²) in [5.41, 5.74) is 0. The van der Waals surface area contributed by atoms with Crippen LogP contribution in [0.5, 0.6) is 0 Å². The van der Waals surface area contributed by atoms with Gasteiger partial charge >= 0.3 is 230 Å². The molecular weight excluding hydrogens is 599 g/mol. The third-order valence-corrected chi connectivity index (χ3v) is 14.4. The summed E-state index contributed by atoms with van der Waals surface area (Å²) in [5.74, 6) is -2.32. The average molecular weight is 646 g/mol. The maximum absolute atomic E-state index is 12.7. The zero-order valence-corrected chi connectivity index (χ0v) is 27.0. The van der Waals surface area contributed by atoms with Crippen LogP contribution in [0, 0.1) is 17.8 Å². The molecule has 0 aliphatic rings. The molecule has 0 radical (unpaired) electrons. The van der Waals surface area contributed by atoms with Gasteiger partial charge < -0.3 is 0 Å². The molecule has 0 spiro atoms. The fraction of sp³-hybridized carbons (Fsp3) is 0.875. The van der Waals surface area contributed by atoms with Crippen LogP contribution in [0.2, 0.25) is 4.44 Å². The van der Waals surface area contributed by atoms with E-state index in [9.17, 15) is 14.4 Å². The van der Waals surface area contributed by atoms with Crippen molar-refractivity contribution in [1.82, 2.24) is 0 Å². The van der Waals surface area contributed by atoms with E-state index in [-0.39, 0.29) is 21.7 Å². The number of rotatable bonds is 20. The molecule has 3 atom stereocenters. The molecule has 6 nitrogen and oxygen atoms in total. The van der Waals surface area contributed by atoms with Crippen LogP contribution in [0.15, 0.2) is 0 Å². The molecule has 0 saturated heterocycles. The van der Waals surface area contributed by atoms with Gasteiger partial charge in [0.2, 0.25) is 0 Å². The summed E-state index contributed by atoms with van der Waals surface area (Å²) in [4.78, 5) is 38.0. The second-order valence-corrected chi connectivity index (χ2v) is 17.3. The van der Waals surface area contributed by atoms with E-state index in [1.54, 1.807) is 20.8 Å². The van der Waals surface area contributed by atoms with Crippen molar-refractivity contribution in [2.24, 2.45) is 17.8 Å². The van der Waals surface area contributed by atoms with Crippen LogP contribution in [0.1, 0.15) is 91.9 Å². The van der Waals surface area contributed by atoms with Crippen LogP contribution in [-0.2, 0) is 23.6 Å². The van der Waals surface area contributed by atoms with Gasteiger partial charge in [-0.05, 0) is 0 Å². The summed E-state index contributed by atoms with van der Waals surface area (Å²) in [7, 11) is 0. The van der Waals surface area contributed by atoms with Crippen LogP contribution in [0.3, 0.4) is 0 Å². The van der Waals surface area contributed by atoms with Gasteiger partial charge in [0, 0.05) is 0 Å². The van der Waals surface area contributed by atoms with Crippen molar-refractivity contribution in [3.63, 3.8) is 0 Å². The molecule has 0 aliphatic carbocycles. The van der Waals surface area contributed by atoms with Gasteiger partial charge in [-0.3, -0.25) is 0 Å². The van der Waals surface area contributed by atoms with Crippen molar-refractivity contribution in [1.29, 1.82) is 0 Å². The van der Waals surface area contributed by atoms with Crippen molar-refractivity contribution < 1.29 is 23.6 Å². The Morgan fingerprint density at radius 3 is 1.18 bits per heavy atom. The summed E-state index contributed by atoms with van der Waals surface area (Å²) in [6.45, 7) is 7.27. The molecule has 0 amide bonds. The number of hydrogen-bond acceptors (Lipinski definition) is 9. The Morgan fingerprint density at radius 2 is 0.882 bits per heavy atom. The Labute approximate surface area is 229 Å². The van der Waals surface area contributed by atoms with Crippen molar-refractivity contribution >= 4 is 75.4 Å². The third kappa shape index (κ3) is 14.7. The monoisotopic (exact) mass is 646 g/mol. The summed E-state index contributed by atoms with van der Waals surface area (Å²) >= 11 is 7.60. The van der Waals surface area contributed by atoms with Crippen LogP contribution in [-0.4, -0.2) is 54.8 Å². The van der Waals surface area contributed by atoms with Crippen LogP contribution >= 0.6 is 37.9 Å². The first kappa shape index (κ1) is 34.3. The number of hydrogen-bond donors (Lipinski definition) is 3. The maximum atomic E-state index is 12.7.